The van der Waals surface area contributed by atoms with Gasteiger partial charge in [-0.15, -0.1) is 0 Å². The van der Waals surface area contributed by atoms with Crippen LogP contribution in [-0.2, 0) is 16.0 Å². The zero-order chi connectivity index (χ0) is 17.7. The normalized spacial score (nSPS) is 20.5. The van der Waals surface area contributed by atoms with Crippen molar-refractivity contribution in [2.24, 2.45) is 11.8 Å². The Morgan fingerprint density at radius 3 is 2.54 bits per heavy atom. The molecule has 0 aromatic heterocycles. The largest absolute Gasteiger partial charge is 0.493 e. The van der Waals surface area contributed by atoms with Crippen molar-refractivity contribution >= 4 is 11.9 Å². The molecule has 6 heteroatoms. The number of methoxy groups -OCH3 is 2. The maximum absolute atomic E-state index is 12.4. The lowest BCUT2D eigenvalue weighted by Gasteiger charge is -2.34. The first-order chi connectivity index (χ1) is 11.4. The van der Waals surface area contributed by atoms with E-state index in [4.69, 9.17) is 9.47 Å². The van der Waals surface area contributed by atoms with E-state index >= 15 is 0 Å². The van der Waals surface area contributed by atoms with Crippen LogP contribution in [0.15, 0.2) is 18.2 Å². The van der Waals surface area contributed by atoms with Gasteiger partial charge in [-0.05, 0) is 36.5 Å². The molecule has 1 aromatic rings. The van der Waals surface area contributed by atoms with Crippen molar-refractivity contribution in [2.75, 3.05) is 27.3 Å². The molecule has 1 saturated heterocycles. The van der Waals surface area contributed by atoms with Gasteiger partial charge in [-0.1, -0.05) is 13.0 Å². The van der Waals surface area contributed by atoms with Crippen LogP contribution in [0.25, 0.3) is 0 Å². The summed E-state index contributed by atoms with van der Waals surface area (Å²) in [6, 6.07) is 5.60. The molecule has 0 radical (unpaired) electrons. The number of aryl methyl sites for hydroxylation is 1. The summed E-state index contributed by atoms with van der Waals surface area (Å²) < 4.78 is 10.5. The summed E-state index contributed by atoms with van der Waals surface area (Å²) in [6.45, 7) is 2.93. The highest BCUT2D eigenvalue weighted by Gasteiger charge is 2.31. The van der Waals surface area contributed by atoms with E-state index < -0.39 is 11.9 Å². The van der Waals surface area contributed by atoms with E-state index in [1.807, 2.05) is 25.1 Å². The summed E-state index contributed by atoms with van der Waals surface area (Å²) in [4.78, 5) is 25.3. The van der Waals surface area contributed by atoms with Gasteiger partial charge in [0, 0.05) is 19.5 Å². The summed E-state index contributed by atoms with van der Waals surface area (Å²) in [6.07, 6.45) is 1.57. The predicted octanol–water partition coefficient (Wildman–Crippen LogP) is 2.21. The molecule has 1 aliphatic heterocycles. The van der Waals surface area contributed by atoms with Crippen LogP contribution in [0.1, 0.15) is 25.3 Å². The van der Waals surface area contributed by atoms with E-state index in [1.54, 1.807) is 19.1 Å². The van der Waals surface area contributed by atoms with E-state index in [-0.39, 0.29) is 11.8 Å². The lowest BCUT2D eigenvalue weighted by atomic mass is 9.90. The Labute approximate surface area is 142 Å². The van der Waals surface area contributed by atoms with E-state index in [9.17, 15) is 14.7 Å². The van der Waals surface area contributed by atoms with Crippen LogP contribution in [0, 0.1) is 11.8 Å². The Morgan fingerprint density at radius 2 is 1.92 bits per heavy atom. The maximum Gasteiger partial charge on any atom is 0.308 e. The number of rotatable bonds is 6. The van der Waals surface area contributed by atoms with E-state index in [0.29, 0.717) is 43.9 Å². The van der Waals surface area contributed by atoms with Crippen molar-refractivity contribution < 1.29 is 24.2 Å². The molecule has 0 bridgehead atoms. The minimum absolute atomic E-state index is 0.00239. The number of amides is 1. The smallest absolute Gasteiger partial charge is 0.308 e. The van der Waals surface area contributed by atoms with Crippen LogP contribution in [0.2, 0.25) is 0 Å². The molecule has 0 saturated carbocycles. The lowest BCUT2D eigenvalue weighted by molar-refractivity contribution is -0.146. The maximum atomic E-state index is 12.4. The molecule has 1 heterocycles. The highest BCUT2D eigenvalue weighted by atomic mass is 16.5. The Morgan fingerprint density at radius 1 is 1.21 bits per heavy atom. The monoisotopic (exact) mass is 335 g/mol. The Hall–Kier alpha value is -2.24. The molecule has 0 spiro atoms. The molecule has 1 N–H and O–H groups in total. The number of nitrogens with zero attached hydrogens (tertiary/aromatic N) is 1. The number of hydrogen-bond donors (Lipinski definition) is 1. The Kier molecular flexibility index (Phi) is 6.06. The van der Waals surface area contributed by atoms with Gasteiger partial charge in [0.05, 0.1) is 20.1 Å². The molecular formula is C18H25NO5. The number of carbonyl (C=O) groups is 2. The predicted molar refractivity (Wildman–Crippen MR) is 89.4 cm³/mol. The fourth-order valence-electron chi connectivity index (χ4n) is 3.18. The molecule has 6 nitrogen and oxygen atoms in total. The lowest BCUT2D eigenvalue weighted by Crippen LogP contribution is -2.45. The van der Waals surface area contributed by atoms with Crippen LogP contribution in [-0.4, -0.2) is 49.2 Å². The zero-order valence-corrected chi connectivity index (χ0v) is 14.4. The summed E-state index contributed by atoms with van der Waals surface area (Å²) in [5, 5.41) is 9.21. The van der Waals surface area contributed by atoms with E-state index in [1.165, 1.54) is 0 Å². The number of aliphatic carboxylic acids is 1. The van der Waals surface area contributed by atoms with Gasteiger partial charge in [-0.2, -0.15) is 0 Å². The van der Waals surface area contributed by atoms with Gasteiger partial charge in [0.1, 0.15) is 0 Å². The second-order valence-electron chi connectivity index (χ2n) is 6.36. The summed E-state index contributed by atoms with van der Waals surface area (Å²) in [5.74, 6) is 0.229. The summed E-state index contributed by atoms with van der Waals surface area (Å²) >= 11 is 0. The fourth-order valence-corrected chi connectivity index (χ4v) is 3.18. The number of benzene rings is 1. The number of likely N-dealkylation sites (tertiary alicyclic amines) is 1. The third-order valence-electron chi connectivity index (χ3n) is 4.44. The van der Waals surface area contributed by atoms with Crippen molar-refractivity contribution in [3.8, 4) is 11.5 Å². The Bertz CT molecular complexity index is 601. The third kappa shape index (κ3) is 4.40. The van der Waals surface area contributed by atoms with E-state index in [2.05, 4.69) is 0 Å². The first-order valence-electron chi connectivity index (χ1n) is 8.16. The molecule has 1 aromatic carbocycles. The van der Waals surface area contributed by atoms with Gasteiger partial charge in [0.2, 0.25) is 5.91 Å². The average Bonchev–Trinajstić information content (AvgIpc) is 2.58. The number of piperidine rings is 1. The molecule has 24 heavy (non-hydrogen) atoms. The number of hydrogen-bond acceptors (Lipinski definition) is 4. The number of carboxylic acid groups (broad SMARTS) is 1. The van der Waals surface area contributed by atoms with Crippen LogP contribution in [0.4, 0.5) is 0 Å². The molecule has 2 unspecified atom stereocenters. The molecular weight excluding hydrogens is 310 g/mol. The second-order valence-corrected chi connectivity index (χ2v) is 6.36. The molecule has 0 aliphatic carbocycles. The van der Waals surface area contributed by atoms with Gasteiger partial charge in [0.15, 0.2) is 11.5 Å². The molecule has 1 fully saturated rings. The number of carbonyl (C=O) groups excluding carboxylic acids is 1. The molecule has 1 amide bonds. The first-order valence-corrected chi connectivity index (χ1v) is 8.16. The SMILES string of the molecule is COc1ccc(CCC(=O)N2CC(C)CC(C(=O)O)C2)cc1OC. The highest BCUT2D eigenvalue weighted by molar-refractivity contribution is 5.78. The van der Waals surface area contributed by atoms with Crippen molar-refractivity contribution in [2.45, 2.75) is 26.2 Å². The summed E-state index contributed by atoms with van der Waals surface area (Å²) in [5.41, 5.74) is 0.987. The van der Waals surface area contributed by atoms with Gasteiger partial charge < -0.3 is 19.5 Å². The minimum Gasteiger partial charge on any atom is -0.493 e. The van der Waals surface area contributed by atoms with Crippen molar-refractivity contribution in [1.29, 1.82) is 0 Å². The molecule has 2 atom stereocenters. The Balaban J connectivity index is 1.96. The third-order valence-corrected chi connectivity index (χ3v) is 4.44. The topological polar surface area (TPSA) is 76.1 Å². The van der Waals surface area contributed by atoms with Crippen LogP contribution < -0.4 is 9.47 Å². The van der Waals surface area contributed by atoms with Gasteiger partial charge >= 0.3 is 5.97 Å². The standard InChI is InChI=1S/C18H25NO5/c1-12-8-14(18(21)22)11-19(10-12)17(20)7-5-13-4-6-15(23-2)16(9-13)24-3/h4,6,9,12,14H,5,7-8,10-11H2,1-3H3,(H,21,22). The quantitative estimate of drug-likeness (QED) is 0.862. The summed E-state index contributed by atoms with van der Waals surface area (Å²) in [7, 11) is 3.16. The molecule has 2 rings (SSSR count). The fraction of sp³-hybridized carbons (Fsp3) is 0.556. The van der Waals surface area contributed by atoms with Crippen molar-refractivity contribution in [1.82, 2.24) is 4.90 Å². The number of carboxylic acids is 1. The van der Waals surface area contributed by atoms with Crippen molar-refractivity contribution in [3.05, 3.63) is 23.8 Å². The molecule has 132 valence electrons. The zero-order valence-electron chi connectivity index (χ0n) is 14.4. The van der Waals surface area contributed by atoms with Crippen LogP contribution >= 0.6 is 0 Å². The number of ether oxygens (including phenoxy) is 2. The van der Waals surface area contributed by atoms with Crippen molar-refractivity contribution in [3.63, 3.8) is 0 Å². The van der Waals surface area contributed by atoms with Crippen LogP contribution in [0.3, 0.4) is 0 Å². The van der Waals surface area contributed by atoms with E-state index in [0.717, 1.165) is 5.56 Å². The average molecular weight is 335 g/mol. The van der Waals surface area contributed by atoms with Crippen LogP contribution in [0.5, 0.6) is 11.5 Å². The minimum atomic E-state index is -0.820. The van der Waals surface area contributed by atoms with Gasteiger partial charge in [-0.3, -0.25) is 9.59 Å². The van der Waals surface area contributed by atoms with Gasteiger partial charge in [0.25, 0.3) is 0 Å². The molecule has 1 aliphatic rings. The van der Waals surface area contributed by atoms with Gasteiger partial charge in [-0.25, -0.2) is 0 Å². The second kappa shape index (κ2) is 8.04. The first kappa shape index (κ1) is 18.1. The highest BCUT2D eigenvalue weighted by Crippen LogP contribution is 2.28.